The van der Waals surface area contributed by atoms with Crippen LogP contribution in [0.2, 0.25) is 0 Å². The van der Waals surface area contributed by atoms with E-state index in [1.165, 1.54) is 0 Å². The Bertz CT molecular complexity index is 436. The van der Waals surface area contributed by atoms with Crippen LogP contribution in [0.5, 0.6) is 5.75 Å². The van der Waals surface area contributed by atoms with E-state index < -0.39 is 0 Å². The van der Waals surface area contributed by atoms with Gasteiger partial charge in [-0.15, -0.1) is 0 Å². The van der Waals surface area contributed by atoms with Crippen molar-refractivity contribution in [3.63, 3.8) is 0 Å². The van der Waals surface area contributed by atoms with E-state index in [0.29, 0.717) is 11.4 Å². The van der Waals surface area contributed by atoms with Crippen molar-refractivity contribution in [2.24, 2.45) is 0 Å². The van der Waals surface area contributed by atoms with Gasteiger partial charge < -0.3 is 4.74 Å². The highest BCUT2D eigenvalue weighted by Crippen LogP contribution is 2.36. The molecule has 0 spiro atoms. The van der Waals surface area contributed by atoms with E-state index in [-0.39, 0.29) is 11.5 Å². The van der Waals surface area contributed by atoms with Gasteiger partial charge in [0.25, 0.3) is 0 Å². The normalized spacial score (nSPS) is 15.6. The minimum absolute atomic E-state index is 0.0290. The minimum Gasteiger partial charge on any atom is -0.487 e. The van der Waals surface area contributed by atoms with Gasteiger partial charge in [-0.3, -0.25) is 0 Å². The van der Waals surface area contributed by atoms with Gasteiger partial charge in [-0.1, -0.05) is 20.8 Å². The van der Waals surface area contributed by atoms with Crippen molar-refractivity contribution in [1.29, 1.82) is 5.26 Å². The smallest absolute Gasteiger partial charge is 0.182 e. The zero-order valence-corrected chi connectivity index (χ0v) is 9.95. The van der Waals surface area contributed by atoms with Crippen molar-refractivity contribution < 1.29 is 4.74 Å². The Morgan fingerprint density at radius 2 is 2.12 bits per heavy atom. The number of hydrogen-bond donors (Lipinski definition) is 0. The molecule has 0 aromatic carbocycles. The Labute approximate surface area is 96.1 Å². The lowest BCUT2D eigenvalue weighted by atomic mass is 9.86. The molecule has 0 unspecified atom stereocenters. The molecule has 1 aromatic heterocycles. The average Bonchev–Trinajstić information content (AvgIpc) is 3.00. The summed E-state index contributed by atoms with van der Waals surface area (Å²) in [5.74, 6) is 0.681. The number of pyridine rings is 1. The van der Waals surface area contributed by atoms with Crippen LogP contribution in [0, 0.1) is 11.3 Å². The Hall–Kier alpha value is -1.56. The van der Waals surface area contributed by atoms with E-state index in [4.69, 9.17) is 10.00 Å². The largest absolute Gasteiger partial charge is 0.487 e. The number of aromatic nitrogens is 1. The molecular weight excluding hydrogens is 200 g/mol. The molecule has 0 bridgehead atoms. The van der Waals surface area contributed by atoms with Crippen LogP contribution in [-0.2, 0) is 5.41 Å². The fraction of sp³-hybridized carbons (Fsp3) is 0.538. The summed E-state index contributed by atoms with van der Waals surface area (Å²) >= 11 is 0. The molecule has 0 amide bonds. The van der Waals surface area contributed by atoms with Crippen molar-refractivity contribution in [1.82, 2.24) is 4.98 Å². The molecule has 3 heteroatoms. The third-order valence-corrected chi connectivity index (χ3v) is 2.63. The Morgan fingerprint density at radius 1 is 1.44 bits per heavy atom. The molecule has 1 fully saturated rings. The van der Waals surface area contributed by atoms with Crippen LogP contribution >= 0.6 is 0 Å². The van der Waals surface area contributed by atoms with Crippen molar-refractivity contribution in [2.45, 2.75) is 45.1 Å². The van der Waals surface area contributed by atoms with Crippen LogP contribution in [0.15, 0.2) is 12.3 Å². The Kier molecular flexibility index (Phi) is 2.59. The molecule has 0 atom stereocenters. The molecule has 2 rings (SSSR count). The van der Waals surface area contributed by atoms with Crippen molar-refractivity contribution in [3.8, 4) is 11.8 Å². The van der Waals surface area contributed by atoms with E-state index in [1.807, 2.05) is 6.07 Å². The summed E-state index contributed by atoms with van der Waals surface area (Å²) in [4.78, 5) is 4.07. The highest BCUT2D eigenvalue weighted by Gasteiger charge is 2.29. The average molecular weight is 216 g/mol. The number of rotatable bonds is 2. The SMILES string of the molecule is CC(C)(C)c1ccnc(C#N)c1OC1CC1. The maximum Gasteiger partial charge on any atom is 0.182 e. The monoisotopic (exact) mass is 216 g/mol. The maximum atomic E-state index is 9.05. The second kappa shape index (κ2) is 3.79. The first-order chi connectivity index (χ1) is 7.52. The molecular formula is C13H16N2O. The predicted octanol–water partition coefficient (Wildman–Crippen LogP) is 2.79. The molecule has 84 valence electrons. The predicted molar refractivity (Wildman–Crippen MR) is 61.3 cm³/mol. The summed E-state index contributed by atoms with van der Waals surface area (Å²) in [7, 11) is 0. The minimum atomic E-state index is -0.0290. The van der Waals surface area contributed by atoms with Crippen molar-refractivity contribution in [2.75, 3.05) is 0 Å². The van der Waals surface area contributed by atoms with Crippen LogP contribution in [0.3, 0.4) is 0 Å². The van der Waals surface area contributed by atoms with Gasteiger partial charge in [0.05, 0.1) is 6.10 Å². The van der Waals surface area contributed by atoms with Gasteiger partial charge in [-0.25, -0.2) is 4.98 Å². The number of ether oxygens (including phenoxy) is 1. The molecule has 1 aliphatic carbocycles. The third-order valence-electron chi connectivity index (χ3n) is 2.63. The molecule has 3 nitrogen and oxygen atoms in total. The first-order valence-electron chi connectivity index (χ1n) is 5.58. The van der Waals surface area contributed by atoms with Crippen molar-refractivity contribution >= 4 is 0 Å². The van der Waals surface area contributed by atoms with Crippen LogP contribution in [0.1, 0.15) is 44.9 Å². The highest BCUT2D eigenvalue weighted by molar-refractivity contribution is 5.47. The Morgan fingerprint density at radius 3 is 2.62 bits per heavy atom. The summed E-state index contributed by atoms with van der Waals surface area (Å²) < 4.78 is 5.82. The summed E-state index contributed by atoms with van der Waals surface area (Å²) in [5.41, 5.74) is 1.43. The van der Waals surface area contributed by atoms with Gasteiger partial charge in [0.2, 0.25) is 0 Å². The topological polar surface area (TPSA) is 45.9 Å². The third kappa shape index (κ3) is 2.16. The summed E-state index contributed by atoms with van der Waals surface area (Å²) in [6, 6.07) is 4.05. The van der Waals surface area contributed by atoms with Gasteiger partial charge >= 0.3 is 0 Å². The van der Waals surface area contributed by atoms with E-state index >= 15 is 0 Å². The van der Waals surface area contributed by atoms with Gasteiger partial charge in [0, 0.05) is 11.8 Å². The quantitative estimate of drug-likeness (QED) is 0.763. The van der Waals surface area contributed by atoms with Crippen molar-refractivity contribution in [3.05, 3.63) is 23.5 Å². The lowest BCUT2D eigenvalue weighted by molar-refractivity contribution is 0.292. The van der Waals surface area contributed by atoms with Crippen LogP contribution in [-0.4, -0.2) is 11.1 Å². The zero-order chi connectivity index (χ0) is 11.8. The van der Waals surface area contributed by atoms with Crippen LogP contribution in [0.25, 0.3) is 0 Å². The molecule has 0 saturated heterocycles. The molecule has 1 aliphatic rings. The second-order valence-electron chi connectivity index (χ2n) is 5.22. The molecule has 1 aromatic rings. The lowest BCUT2D eigenvalue weighted by Gasteiger charge is -2.22. The molecule has 0 radical (unpaired) electrons. The first-order valence-corrected chi connectivity index (χ1v) is 5.58. The molecule has 16 heavy (non-hydrogen) atoms. The summed E-state index contributed by atoms with van der Waals surface area (Å²) in [6.07, 6.45) is 4.14. The maximum absolute atomic E-state index is 9.05. The second-order valence-corrected chi connectivity index (χ2v) is 5.22. The number of nitrogens with zero attached hydrogens (tertiary/aromatic N) is 2. The number of hydrogen-bond acceptors (Lipinski definition) is 3. The van der Waals surface area contributed by atoms with E-state index in [9.17, 15) is 0 Å². The van der Waals surface area contributed by atoms with Gasteiger partial charge in [0.15, 0.2) is 11.4 Å². The Balaban J connectivity index is 2.46. The van der Waals surface area contributed by atoms with Gasteiger partial charge in [-0.05, 0) is 24.3 Å². The molecule has 1 heterocycles. The molecule has 0 aliphatic heterocycles. The standard InChI is InChI=1S/C13H16N2O/c1-13(2,3)10-6-7-15-11(8-14)12(10)16-9-4-5-9/h6-7,9H,4-5H2,1-3H3. The molecule has 0 N–H and O–H groups in total. The molecule has 1 saturated carbocycles. The highest BCUT2D eigenvalue weighted by atomic mass is 16.5. The first kappa shape index (κ1) is 10.9. The van der Waals surface area contributed by atoms with E-state index in [1.54, 1.807) is 6.20 Å². The summed E-state index contributed by atoms with van der Waals surface area (Å²) in [6.45, 7) is 6.34. The van der Waals surface area contributed by atoms with Gasteiger partial charge in [0.1, 0.15) is 6.07 Å². The summed E-state index contributed by atoms with van der Waals surface area (Å²) in [5, 5.41) is 9.05. The fourth-order valence-corrected chi connectivity index (χ4v) is 1.59. The van der Waals surface area contributed by atoms with Crippen LogP contribution in [0.4, 0.5) is 0 Å². The fourth-order valence-electron chi connectivity index (χ4n) is 1.59. The number of nitriles is 1. The zero-order valence-electron chi connectivity index (χ0n) is 9.95. The van der Waals surface area contributed by atoms with Crippen LogP contribution < -0.4 is 4.74 Å². The van der Waals surface area contributed by atoms with E-state index in [0.717, 1.165) is 18.4 Å². The van der Waals surface area contributed by atoms with Gasteiger partial charge in [-0.2, -0.15) is 5.26 Å². The lowest BCUT2D eigenvalue weighted by Crippen LogP contribution is -2.15. The van der Waals surface area contributed by atoms with E-state index in [2.05, 4.69) is 31.8 Å².